The van der Waals surface area contributed by atoms with Crippen molar-refractivity contribution in [3.63, 3.8) is 0 Å². The van der Waals surface area contributed by atoms with E-state index in [1.807, 2.05) is 12.1 Å². The highest BCUT2D eigenvalue weighted by Crippen LogP contribution is 2.28. The van der Waals surface area contributed by atoms with Crippen molar-refractivity contribution in [2.75, 3.05) is 11.9 Å². The van der Waals surface area contributed by atoms with Gasteiger partial charge in [0.25, 0.3) is 5.69 Å². The van der Waals surface area contributed by atoms with Crippen LogP contribution in [-0.4, -0.2) is 11.5 Å². The summed E-state index contributed by atoms with van der Waals surface area (Å²) < 4.78 is 0.740. The van der Waals surface area contributed by atoms with Gasteiger partial charge in [-0.3, -0.25) is 10.1 Å². The number of rotatable bonds is 5. The quantitative estimate of drug-likeness (QED) is 0.647. The zero-order valence-corrected chi connectivity index (χ0v) is 12.1. The fourth-order valence-electron chi connectivity index (χ4n) is 1.62. The second-order valence-electron chi connectivity index (χ2n) is 3.80. The lowest BCUT2D eigenvalue weighted by Gasteiger charge is -2.06. The van der Waals surface area contributed by atoms with Gasteiger partial charge < -0.3 is 5.32 Å². The van der Waals surface area contributed by atoms with Crippen LogP contribution in [0.5, 0.6) is 0 Å². The summed E-state index contributed by atoms with van der Waals surface area (Å²) in [4.78, 5) is 11.6. The van der Waals surface area contributed by atoms with E-state index in [9.17, 15) is 10.1 Å². The third-order valence-electron chi connectivity index (χ3n) is 2.47. The first-order valence-corrected chi connectivity index (χ1v) is 7.05. The number of anilines is 1. The van der Waals surface area contributed by atoms with E-state index < -0.39 is 4.92 Å². The summed E-state index contributed by atoms with van der Waals surface area (Å²) in [5.74, 6) is 0. The van der Waals surface area contributed by atoms with Gasteiger partial charge in [0.15, 0.2) is 0 Å². The Morgan fingerprint density at radius 1 is 1.26 bits per heavy atom. The molecule has 0 saturated carbocycles. The van der Waals surface area contributed by atoms with Crippen molar-refractivity contribution in [3.05, 3.63) is 54.7 Å². The smallest absolute Gasteiger partial charge is 0.292 e. The topological polar surface area (TPSA) is 55.2 Å². The highest BCUT2D eigenvalue weighted by atomic mass is 35.5. The lowest BCUT2D eigenvalue weighted by atomic mass is 10.2. The van der Waals surface area contributed by atoms with Crippen molar-refractivity contribution in [2.24, 2.45) is 0 Å². The minimum Gasteiger partial charge on any atom is -0.379 e. The van der Waals surface area contributed by atoms with Gasteiger partial charge in [-0.25, -0.2) is 0 Å². The van der Waals surface area contributed by atoms with Crippen LogP contribution in [0.15, 0.2) is 30.3 Å². The monoisotopic (exact) mass is 316 g/mol. The third kappa shape index (κ3) is 3.83. The molecule has 1 aromatic carbocycles. The Bertz CT molecular complexity index is 601. The number of nitrogens with zero attached hydrogens (tertiary/aromatic N) is 1. The van der Waals surface area contributed by atoms with Gasteiger partial charge in [-0.2, -0.15) is 0 Å². The van der Waals surface area contributed by atoms with Crippen LogP contribution in [0.3, 0.4) is 0 Å². The molecule has 100 valence electrons. The van der Waals surface area contributed by atoms with E-state index in [2.05, 4.69) is 5.32 Å². The fourth-order valence-corrected chi connectivity index (χ4v) is 2.87. The summed E-state index contributed by atoms with van der Waals surface area (Å²) in [7, 11) is 0. The van der Waals surface area contributed by atoms with Gasteiger partial charge in [-0.15, -0.1) is 11.3 Å². The Balaban J connectivity index is 2.02. The first-order chi connectivity index (χ1) is 9.06. The average Bonchev–Trinajstić information content (AvgIpc) is 2.75. The zero-order valence-electron chi connectivity index (χ0n) is 9.73. The summed E-state index contributed by atoms with van der Waals surface area (Å²) in [6.45, 7) is 0.581. The molecule has 19 heavy (non-hydrogen) atoms. The van der Waals surface area contributed by atoms with E-state index in [1.54, 1.807) is 6.07 Å². The molecule has 0 amide bonds. The first kappa shape index (κ1) is 14.1. The minimum atomic E-state index is -0.430. The zero-order chi connectivity index (χ0) is 13.8. The summed E-state index contributed by atoms with van der Waals surface area (Å²) >= 11 is 13.2. The van der Waals surface area contributed by atoms with Gasteiger partial charge in [-0.05, 0) is 30.7 Å². The molecule has 0 radical (unpaired) electrons. The van der Waals surface area contributed by atoms with E-state index in [4.69, 9.17) is 23.2 Å². The Kier molecular flexibility index (Phi) is 4.63. The minimum absolute atomic E-state index is 0.0219. The van der Waals surface area contributed by atoms with Crippen LogP contribution in [0.1, 0.15) is 4.88 Å². The normalized spacial score (nSPS) is 10.4. The van der Waals surface area contributed by atoms with Crippen LogP contribution in [0.4, 0.5) is 11.4 Å². The lowest BCUT2D eigenvalue weighted by Crippen LogP contribution is -2.06. The van der Waals surface area contributed by atoms with Crippen molar-refractivity contribution in [2.45, 2.75) is 6.42 Å². The van der Waals surface area contributed by atoms with Crippen molar-refractivity contribution >= 4 is 45.9 Å². The molecule has 1 N–H and O–H groups in total. The number of hydrogen-bond acceptors (Lipinski definition) is 4. The highest BCUT2D eigenvalue weighted by molar-refractivity contribution is 7.16. The number of nitrogens with one attached hydrogen (secondary N) is 1. The molecule has 0 bridgehead atoms. The maximum absolute atomic E-state index is 10.9. The Morgan fingerprint density at radius 3 is 2.68 bits per heavy atom. The molecule has 2 aromatic rings. The largest absolute Gasteiger partial charge is 0.379 e. The van der Waals surface area contributed by atoms with Crippen molar-refractivity contribution in [3.8, 4) is 0 Å². The number of benzene rings is 1. The molecule has 1 aromatic heterocycles. The third-order valence-corrected chi connectivity index (χ3v) is 4.00. The van der Waals surface area contributed by atoms with Crippen LogP contribution in [-0.2, 0) is 6.42 Å². The van der Waals surface area contributed by atoms with Gasteiger partial charge in [0.1, 0.15) is 5.69 Å². The molecule has 1 heterocycles. The number of nitro benzene ring substituents is 1. The molecule has 0 spiro atoms. The molecule has 0 fully saturated rings. The fraction of sp³-hybridized carbons (Fsp3) is 0.167. The second kappa shape index (κ2) is 6.23. The predicted octanol–water partition coefficient (Wildman–Crippen LogP) is 4.62. The van der Waals surface area contributed by atoms with Gasteiger partial charge in [0.05, 0.1) is 9.26 Å². The van der Waals surface area contributed by atoms with Crippen molar-refractivity contribution in [1.29, 1.82) is 0 Å². The maximum Gasteiger partial charge on any atom is 0.292 e. The molecular formula is C12H10Cl2N2O2S. The number of nitro groups is 1. The van der Waals surface area contributed by atoms with E-state index in [0.717, 1.165) is 15.6 Å². The van der Waals surface area contributed by atoms with Crippen molar-refractivity contribution in [1.82, 2.24) is 0 Å². The molecule has 4 nitrogen and oxygen atoms in total. The number of hydrogen-bond donors (Lipinski definition) is 1. The van der Waals surface area contributed by atoms with Gasteiger partial charge in [0.2, 0.25) is 0 Å². The second-order valence-corrected chi connectivity index (χ2v) is 6.04. The molecule has 0 unspecified atom stereocenters. The molecule has 0 saturated heterocycles. The van der Waals surface area contributed by atoms with E-state index in [0.29, 0.717) is 17.3 Å². The molecule has 0 aliphatic carbocycles. The maximum atomic E-state index is 10.9. The first-order valence-electron chi connectivity index (χ1n) is 5.48. The van der Waals surface area contributed by atoms with Crippen molar-refractivity contribution < 1.29 is 4.92 Å². The van der Waals surface area contributed by atoms with E-state index in [1.165, 1.54) is 23.5 Å². The molecule has 7 heteroatoms. The van der Waals surface area contributed by atoms with Crippen LogP contribution in [0.2, 0.25) is 9.36 Å². The standard InChI is InChI=1S/C12H10Cl2N2O2S/c13-8-1-3-11(16(17)18)10(7-8)15-6-5-9-2-4-12(14)19-9/h1-4,7,15H,5-6H2. The Hall–Kier alpha value is -1.30. The van der Waals surface area contributed by atoms with Crippen LogP contribution >= 0.6 is 34.5 Å². The predicted molar refractivity (Wildman–Crippen MR) is 79.6 cm³/mol. The van der Waals surface area contributed by atoms with Crippen LogP contribution < -0.4 is 5.32 Å². The van der Waals surface area contributed by atoms with Gasteiger partial charge >= 0.3 is 0 Å². The van der Waals surface area contributed by atoms with E-state index >= 15 is 0 Å². The molecule has 2 rings (SSSR count). The number of halogens is 2. The molecule has 0 atom stereocenters. The average molecular weight is 317 g/mol. The van der Waals surface area contributed by atoms with Gasteiger partial charge in [0, 0.05) is 22.5 Å². The van der Waals surface area contributed by atoms with Crippen LogP contribution in [0.25, 0.3) is 0 Å². The number of thiophene rings is 1. The van der Waals surface area contributed by atoms with E-state index in [-0.39, 0.29) is 5.69 Å². The summed E-state index contributed by atoms with van der Waals surface area (Å²) in [6, 6.07) is 8.24. The summed E-state index contributed by atoms with van der Waals surface area (Å²) in [6.07, 6.45) is 0.751. The highest BCUT2D eigenvalue weighted by Gasteiger charge is 2.13. The summed E-state index contributed by atoms with van der Waals surface area (Å²) in [5, 5.41) is 14.4. The molecular weight excluding hydrogens is 307 g/mol. The Morgan fingerprint density at radius 2 is 2.05 bits per heavy atom. The molecule has 0 aliphatic rings. The lowest BCUT2D eigenvalue weighted by molar-refractivity contribution is -0.384. The van der Waals surface area contributed by atoms with Gasteiger partial charge in [-0.1, -0.05) is 23.2 Å². The molecule has 0 aliphatic heterocycles. The van der Waals surface area contributed by atoms with Crippen LogP contribution in [0, 0.1) is 10.1 Å². The Labute approximate surface area is 124 Å². The SMILES string of the molecule is O=[N+]([O-])c1ccc(Cl)cc1NCCc1ccc(Cl)s1. The summed E-state index contributed by atoms with van der Waals surface area (Å²) in [5.41, 5.74) is 0.453.